The Balaban J connectivity index is 1.84. The summed E-state index contributed by atoms with van der Waals surface area (Å²) in [5.41, 5.74) is 2.12. The Morgan fingerprint density at radius 3 is 2.48 bits per heavy atom. The Morgan fingerprint density at radius 1 is 1.19 bits per heavy atom. The minimum absolute atomic E-state index is 0.367. The molecule has 2 aliphatic carbocycles. The summed E-state index contributed by atoms with van der Waals surface area (Å²) in [6.07, 6.45) is 8.38. The number of carbonyl (C=O) groups is 1. The lowest BCUT2D eigenvalue weighted by Gasteiger charge is -2.43. The van der Waals surface area contributed by atoms with Gasteiger partial charge in [-0.05, 0) is 55.1 Å². The zero-order valence-corrected chi connectivity index (χ0v) is 13.0. The van der Waals surface area contributed by atoms with Gasteiger partial charge in [-0.1, -0.05) is 50.5 Å². The molecule has 1 aromatic carbocycles. The molecule has 0 heterocycles. The molecule has 1 fully saturated rings. The van der Waals surface area contributed by atoms with E-state index in [2.05, 4.69) is 25.1 Å². The van der Waals surface area contributed by atoms with E-state index in [1.807, 2.05) is 6.07 Å². The molecule has 0 saturated heterocycles. The molecular weight excluding hydrogens is 260 g/mol. The second kappa shape index (κ2) is 5.82. The summed E-state index contributed by atoms with van der Waals surface area (Å²) < 4.78 is 0. The Labute approximate surface area is 127 Å². The van der Waals surface area contributed by atoms with Gasteiger partial charge in [0.15, 0.2) is 0 Å². The van der Waals surface area contributed by atoms with Crippen LogP contribution >= 0.6 is 0 Å². The van der Waals surface area contributed by atoms with E-state index in [0.717, 1.165) is 38.0 Å². The van der Waals surface area contributed by atoms with Crippen molar-refractivity contribution in [2.24, 2.45) is 17.3 Å². The molecule has 3 rings (SSSR count). The normalized spacial score (nSPS) is 32.4. The van der Waals surface area contributed by atoms with Gasteiger partial charge in [-0.3, -0.25) is 4.79 Å². The van der Waals surface area contributed by atoms with Crippen molar-refractivity contribution in [3.05, 3.63) is 35.4 Å². The number of fused-ring (bicyclic) bond motifs is 1. The lowest BCUT2D eigenvalue weighted by molar-refractivity contribution is -0.155. The van der Waals surface area contributed by atoms with Gasteiger partial charge in [0, 0.05) is 0 Å². The van der Waals surface area contributed by atoms with Crippen LogP contribution in [-0.4, -0.2) is 11.1 Å². The fourth-order valence-corrected chi connectivity index (χ4v) is 4.59. The summed E-state index contributed by atoms with van der Waals surface area (Å²) in [6, 6.07) is 8.41. The van der Waals surface area contributed by atoms with Crippen molar-refractivity contribution >= 4 is 5.97 Å². The summed E-state index contributed by atoms with van der Waals surface area (Å²) in [4.78, 5) is 12.1. The Hall–Kier alpha value is -1.31. The molecule has 1 aromatic rings. The van der Waals surface area contributed by atoms with Gasteiger partial charge in [0.25, 0.3) is 0 Å². The molecule has 1 atom stereocenters. The fraction of sp³-hybridized carbons (Fsp3) is 0.632. The Morgan fingerprint density at radius 2 is 1.86 bits per heavy atom. The second-order valence-electron chi connectivity index (χ2n) is 7.03. The second-order valence-corrected chi connectivity index (χ2v) is 7.03. The van der Waals surface area contributed by atoms with Crippen molar-refractivity contribution in [2.75, 3.05) is 0 Å². The van der Waals surface area contributed by atoms with Gasteiger partial charge in [0.2, 0.25) is 0 Å². The molecule has 0 bridgehead atoms. The summed E-state index contributed by atoms with van der Waals surface area (Å²) in [5.74, 6) is 0.631. The fourth-order valence-electron chi connectivity index (χ4n) is 4.59. The number of hydrogen-bond acceptors (Lipinski definition) is 1. The van der Waals surface area contributed by atoms with Gasteiger partial charge >= 0.3 is 5.97 Å². The number of rotatable bonds is 3. The molecule has 2 heteroatoms. The van der Waals surface area contributed by atoms with E-state index < -0.39 is 11.4 Å². The van der Waals surface area contributed by atoms with Gasteiger partial charge in [0.1, 0.15) is 0 Å². The number of carboxylic acid groups (broad SMARTS) is 1. The maximum absolute atomic E-state index is 12.1. The number of hydrogen-bond donors (Lipinski definition) is 1. The van der Waals surface area contributed by atoms with E-state index >= 15 is 0 Å². The number of aryl methyl sites for hydroxylation is 1. The number of benzene rings is 1. The van der Waals surface area contributed by atoms with Gasteiger partial charge in [-0.15, -0.1) is 0 Å². The molecule has 0 amide bonds. The van der Waals surface area contributed by atoms with Gasteiger partial charge < -0.3 is 5.11 Å². The average molecular weight is 286 g/mol. The van der Waals surface area contributed by atoms with E-state index in [1.54, 1.807) is 0 Å². The third kappa shape index (κ3) is 2.61. The van der Waals surface area contributed by atoms with Crippen LogP contribution in [0.15, 0.2) is 24.3 Å². The monoisotopic (exact) mass is 286 g/mol. The highest BCUT2D eigenvalue weighted by atomic mass is 16.4. The SMILES string of the molecule is CCC1CCC(C2(C(=O)O)CCc3ccccc3C2)CC1. The van der Waals surface area contributed by atoms with E-state index in [9.17, 15) is 9.90 Å². The van der Waals surface area contributed by atoms with E-state index in [1.165, 1.54) is 30.4 Å². The van der Waals surface area contributed by atoms with Crippen molar-refractivity contribution in [3.63, 3.8) is 0 Å². The summed E-state index contributed by atoms with van der Waals surface area (Å²) >= 11 is 0. The molecule has 1 saturated carbocycles. The van der Waals surface area contributed by atoms with Gasteiger partial charge in [-0.2, -0.15) is 0 Å². The first-order valence-corrected chi connectivity index (χ1v) is 8.46. The van der Waals surface area contributed by atoms with E-state index in [4.69, 9.17) is 0 Å². The molecule has 1 unspecified atom stereocenters. The van der Waals surface area contributed by atoms with Gasteiger partial charge in [0.05, 0.1) is 5.41 Å². The molecule has 0 aliphatic heterocycles. The number of aliphatic carboxylic acids is 1. The van der Waals surface area contributed by atoms with Crippen molar-refractivity contribution < 1.29 is 9.90 Å². The summed E-state index contributed by atoms with van der Waals surface area (Å²) in [7, 11) is 0. The Kier molecular flexibility index (Phi) is 4.05. The van der Waals surface area contributed by atoms with Crippen LogP contribution in [0.4, 0.5) is 0 Å². The molecule has 1 N–H and O–H groups in total. The first kappa shape index (κ1) is 14.6. The molecular formula is C19H26O2. The molecule has 2 aliphatic rings. The summed E-state index contributed by atoms with van der Waals surface area (Å²) in [5, 5.41) is 9.99. The maximum Gasteiger partial charge on any atom is 0.310 e. The van der Waals surface area contributed by atoms with Gasteiger partial charge in [-0.25, -0.2) is 0 Å². The molecule has 0 radical (unpaired) electrons. The highest BCUT2D eigenvalue weighted by Gasteiger charge is 2.48. The van der Waals surface area contributed by atoms with Crippen LogP contribution in [0.2, 0.25) is 0 Å². The molecule has 2 nitrogen and oxygen atoms in total. The predicted molar refractivity (Wildman–Crippen MR) is 84.3 cm³/mol. The average Bonchev–Trinajstić information content (AvgIpc) is 2.54. The first-order valence-electron chi connectivity index (χ1n) is 8.46. The standard InChI is InChI=1S/C19H26O2/c1-2-14-7-9-17(10-8-14)19(18(20)21)12-11-15-5-3-4-6-16(15)13-19/h3-6,14,17H,2,7-13H2,1H3,(H,20,21). The van der Waals surface area contributed by atoms with Crippen molar-refractivity contribution in [2.45, 2.75) is 58.3 Å². The first-order chi connectivity index (χ1) is 10.2. The third-order valence-corrected chi connectivity index (χ3v) is 6.10. The minimum Gasteiger partial charge on any atom is -0.481 e. The van der Waals surface area contributed by atoms with Crippen LogP contribution in [0.25, 0.3) is 0 Å². The van der Waals surface area contributed by atoms with Crippen molar-refractivity contribution in [1.82, 2.24) is 0 Å². The van der Waals surface area contributed by atoms with Crippen molar-refractivity contribution in [3.8, 4) is 0 Å². The third-order valence-electron chi connectivity index (χ3n) is 6.10. The minimum atomic E-state index is -0.558. The van der Waals surface area contributed by atoms with Crippen molar-refractivity contribution in [1.29, 1.82) is 0 Å². The summed E-state index contributed by atoms with van der Waals surface area (Å²) in [6.45, 7) is 2.26. The zero-order valence-electron chi connectivity index (χ0n) is 13.0. The smallest absolute Gasteiger partial charge is 0.310 e. The number of carboxylic acids is 1. The largest absolute Gasteiger partial charge is 0.481 e. The molecule has 114 valence electrons. The van der Waals surface area contributed by atoms with E-state index in [-0.39, 0.29) is 0 Å². The lowest BCUT2D eigenvalue weighted by Crippen LogP contribution is -2.44. The molecule has 0 aromatic heterocycles. The van der Waals surface area contributed by atoms with Crippen LogP contribution in [-0.2, 0) is 17.6 Å². The quantitative estimate of drug-likeness (QED) is 0.890. The topological polar surface area (TPSA) is 37.3 Å². The van der Waals surface area contributed by atoms with Crippen LogP contribution in [0, 0.1) is 17.3 Å². The highest BCUT2D eigenvalue weighted by molar-refractivity contribution is 5.76. The molecule has 21 heavy (non-hydrogen) atoms. The van der Waals surface area contributed by atoms with Crippen LogP contribution in [0.1, 0.15) is 56.6 Å². The zero-order chi connectivity index (χ0) is 14.9. The predicted octanol–water partition coefficient (Wildman–Crippen LogP) is 4.46. The Bertz CT molecular complexity index is 514. The lowest BCUT2D eigenvalue weighted by atomic mass is 9.59. The van der Waals surface area contributed by atoms with E-state index in [0.29, 0.717) is 5.92 Å². The highest BCUT2D eigenvalue weighted by Crippen LogP contribution is 2.48. The van der Waals surface area contributed by atoms with Crippen LogP contribution in [0.5, 0.6) is 0 Å². The van der Waals surface area contributed by atoms with Crippen LogP contribution in [0.3, 0.4) is 0 Å². The molecule has 0 spiro atoms. The van der Waals surface area contributed by atoms with Crippen LogP contribution < -0.4 is 0 Å². The maximum atomic E-state index is 12.1.